The summed E-state index contributed by atoms with van der Waals surface area (Å²) in [4.78, 5) is 24.7. The Kier molecular flexibility index (Phi) is 9.05. The minimum Gasteiger partial charge on any atom is -0.496 e. The summed E-state index contributed by atoms with van der Waals surface area (Å²) in [6.45, 7) is 2.59. The van der Waals surface area contributed by atoms with E-state index in [0.29, 0.717) is 17.3 Å². The number of carbonyl (C=O) groups is 2. The molecule has 0 radical (unpaired) electrons. The van der Waals surface area contributed by atoms with Crippen LogP contribution in [0.3, 0.4) is 0 Å². The Morgan fingerprint density at radius 1 is 1.09 bits per heavy atom. The van der Waals surface area contributed by atoms with E-state index in [1.165, 1.54) is 6.07 Å². The van der Waals surface area contributed by atoms with Gasteiger partial charge in [0.1, 0.15) is 11.8 Å². The average Bonchev–Trinajstić information content (AvgIpc) is 2.84. The number of methoxy groups -OCH3 is 1. The van der Waals surface area contributed by atoms with Crippen molar-refractivity contribution in [2.45, 2.75) is 19.4 Å². The van der Waals surface area contributed by atoms with E-state index in [4.69, 9.17) is 28.6 Å². The molecule has 1 atom stereocenters. The molecule has 0 aliphatic heterocycles. The third-order valence-electron chi connectivity index (χ3n) is 5.22. The van der Waals surface area contributed by atoms with Crippen LogP contribution in [0.5, 0.6) is 5.75 Å². The Bertz CT molecular complexity index is 1220. The van der Waals surface area contributed by atoms with E-state index in [1.54, 1.807) is 19.2 Å². The molecule has 182 valence electrons. The van der Waals surface area contributed by atoms with E-state index in [2.05, 4.69) is 16.0 Å². The third-order valence-corrected chi connectivity index (χ3v) is 5.78. The van der Waals surface area contributed by atoms with Crippen LogP contribution < -0.4 is 20.7 Å². The molecule has 0 bridgehead atoms. The van der Waals surface area contributed by atoms with Gasteiger partial charge in [-0.2, -0.15) is 0 Å². The molecule has 0 heterocycles. The summed E-state index contributed by atoms with van der Waals surface area (Å²) in [5.41, 5.74) is 3.42. The lowest BCUT2D eigenvalue weighted by molar-refractivity contribution is -0.139. The zero-order valence-electron chi connectivity index (χ0n) is 19.3. The first kappa shape index (κ1) is 26.0. The number of carbonyl (C=O) groups excluding carboxylic acids is 1. The molecule has 35 heavy (non-hydrogen) atoms. The van der Waals surface area contributed by atoms with Crippen molar-refractivity contribution in [2.24, 2.45) is 0 Å². The summed E-state index contributed by atoms with van der Waals surface area (Å²) in [6.07, 6.45) is 0.113. The van der Waals surface area contributed by atoms with E-state index in [-0.39, 0.29) is 17.0 Å². The first-order valence-corrected chi connectivity index (χ1v) is 11.7. The topological polar surface area (TPSA) is 99.7 Å². The molecule has 0 aliphatic rings. The normalized spacial score (nSPS) is 11.3. The molecule has 7 nitrogen and oxygen atoms in total. The number of hydrogen-bond acceptors (Lipinski definition) is 4. The molecule has 9 heteroatoms. The number of benzene rings is 3. The van der Waals surface area contributed by atoms with Crippen LogP contribution in [0.4, 0.5) is 5.69 Å². The van der Waals surface area contributed by atoms with Gasteiger partial charge in [-0.1, -0.05) is 54.1 Å². The van der Waals surface area contributed by atoms with E-state index in [1.807, 2.05) is 55.5 Å². The van der Waals surface area contributed by atoms with Crippen molar-refractivity contribution in [2.75, 3.05) is 19.0 Å². The number of thiocarbonyl (C=S) groups is 1. The van der Waals surface area contributed by atoms with Crippen molar-refractivity contribution in [3.8, 4) is 16.9 Å². The standard InChI is InChI=1S/C26H26ClN3O4S/c1-3-28-26(35)29-18-12-13-20(21(27)15-18)24(31)30-22(25(32)33)14-16-8-10-17(11-9-16)19-6-4-5-7-23(19)34-2/h4-13,15,22H,3,14H2,1-2H3,(H,30,31)(H,32,33)(H2,28,29,35)/t22-/m0/s1. The highest BCUT2D eigenvalue weighted by molar-refractivity contribution is 7.80. The fourth-order valence-electron chi connectivity index (χ4n) is 3.49. The molecule has 0 saturated carbocycles. The molecule has 4 N–H and O–H groups in total. The highest BCUT2D eigenvalue weighted by Gasteiger charge is 2.22. The van der Waals surface area contributed by atoms with Crippen LogP contribution in [0, 0.1) is 0 Å². The van der Waals surface area contributed by atoms with Gasteiger partial charge in [-0.25, -0.2) is 4.79 Å². The van der Waals surface area contributed by atoms with E-state index >= 15 is 0 Å². The van der Waals surface area contributed by atoms with Gasteiger partial charge in [0.25, 0.3) is 5.91 Å². The number of anilines is 1. The van der Waals surface area contributed by atoms with Crippen LogP contribution in [-0.4, -0.2) is 41.8 Å². The fraction of sp³-hybridized carbons (Fsp3) is 0.192. The predicted octanol–water partition coefficient (Wildman–Crippen LogP) is 4.75. The molecular weight excluding hydrogens is 486 g/mol. The molecule has 0 spiro atoms. The number of hydrogen-bond donors (Lipinski definition) is 4. The van der Waals surface area contributed by atoms with Crippen molar-refractivity contribution in [1.82, 2.24) is 10.6 Å². The minimum atomic E-state index is -1.14. The van der Waals surface area contributed by atoms with Crippen molar-refractivity contribution in [1.29, 1.82) is 0 Å². The highest BCUT2D eigenvalue weighted by atomic mass is 35.5. The van der Waals surface area contributed by atoms with Crippen LogP contribution in [0.15, 0.2) is 66.7 Å². The van der Waals surface area contributed by atoms with Crippen LogP contribution >= 0.6 is 23.8 Å². The van der Waals surface area contributed by atoms with Crippen molar-refractivity contribution < 1.29 is 19.4 Å². The van der Waals surface area contributed by atoms with Gasteiger partial charge >= 0.3 is 5.97 Å². The maximum atomic E-state index is 12.8. The van der Waals surface area contributed by atoms with E-state index < -0.39 is 17.9 Å². The first-order valence-electron chi connectivity index (χ1n) is 10.9. The Labute approximate surface area is 214 Å². The monoisotopic (exact) mass is 511 g/mol. The van der Waals surface area contributed by atoms with Gasteiger partial charge in [-0.15, -0.1) is 0 Å². The summed E-state index contributed by atoms with van der Waals surface area (Å²) in [6, 6.07) is 18.7. The summed E-state index contributed by atoms with van der Waals surface area (Å²) >= 11 is 11.4. The molecular formula is C26H26ClN3O4S. The Morgan fingerprint density at radius 2 is 1.80 bits per heavy atom. The minimum absolute atomic E-state index is 0.113. The van der Waals surface area contributed by atoms with Gasteiger partial charge in [-0.05, 0) is 54.5 Å². The number of carboxylic acids is 1. The van der Waals surface area contributed by atoms with Crippen LogP contribution in [0.25, 0.3) is 11.1 Å². The molecule has 3 aromatic carbocycles. The summed E-state index contributed by atoms with van der Waals surface area (Å²) in [7, 11) is 1.61. The number of amides is 1. The van der Waals surface area contributed by atoms with Gasteiger partial charge in [0.15, 0.2) is 5.11 Å². The lowest BCUT2D eigenvalue weighted by Crippen LogP contribution is -2.42. The fourth-order valence-corrected chi connectivity index (χ4v) is 4.02. The second-order valence-corrected chi connectivity index (χ2v) is 8.46. The number of para-hydroxylation sites is 1. The summed E-state index contributed by atoms with van der Waals surface area (Å²) in [5.74, 6) is -0.969. The average molecular weight is 512 g/mol. The Balaban J connectivity index is 1.70. The molecule has 1 amide bonds. The smallest absolute Gasteiger partial charge is 0.326 e. The van der Waals surface area contributed by atoms with Crippen molar-refractivity contribution in [3.05, 3.63) is 82.9 Å². The Hall–Kier alpha value is -3.62. The number of rotatable bonds is 9. The van der Waals surface area contributed by atoms with Crippen LogP contribution in [-0.2, 0) is 11.2 Å². The number of halogens is 1. The molecule has 0 aliphatic carbocycles. The quantitative estimate of drug-likeness (QED) is 0.308. The maximum Gasteiger partial charge on any atom is 0.326 e. The molecule has 3 aromatic rings. The summed E-state index contributed by atoms with van der Waals surface area (Å²) < 4.78 is 5.41. The SMILES string of the molecule is CCNC(=S)Nc1ccc(C(=O)N[C@@H](Cc2ccc(-c3ccccc3OC)cc2)C(=O)O)c(Cl)c1. The predicted molar refractivity (Wildman–Crippen MR) is 142 cm³/mol. The van der Waals surface area contributed by atoms with Gasteiger partial charge in [0, 0.05) is 24.2 Å². The Morgan fingerprint density at radius 3 is 2.43 bits per heavy atom. The highest BCUT2D eigenvalue weighted by Crippen LogP contribution is 2.29. The largest absolute Gasteiger partial charge is 0.496 e. The van der Waals surface area contributed by atoms with Gasteiger partial charge < -0.3 is 25.8 Å². The van der Waals surface area contributed by atoms with E-state index in [0.717, 1.165) is 22.4 Å². The maximum absolute atomic E-state index is 12.8. The number of carboxylic acid groups (broad SMARTS) is 1. The van der Waals surface area contributed by atoms with Gasteiger partial charge in [-0.3, -0.25) is 4.79 Å². The number of nitrogens with one attached hydrogen (secondary N) is 3. The second-order valence-electron chi connectivity index (χ2n) is 7.64. The van der Waals surface area contributed by atoms with Crippen molar-refractivity contribution in [3.63, 3.8) is 0 Å². The summed E-state index contributed by atoms with van der Waals surface area (Å²) in [5, 5.41) is 18.8. The van der Waals surface area contributed by atoms with E-state index in [9.17, 15) is 14.7 Å². The van der Waals surface area contributed by atoms with Gasteiger partial charge in [0.05, 0.1) is 17.7 Å². The third kappa shape index (κ3) is 6.94. The molecule has 3 rings (SSSR count). The molecule has 0 aromatic heterocycles. The molecule has 0 unspecified atom stereocenters. The van der Waals surface area contributed by atoms with Gasteiger partial charge in [0.2, 0.25) is 0 Å². The first-order chi connectivity index (χ1) is 16.8. The van der Waals surface area contributed by atoms with Crippen LogP contribution in [0.2, 0.25) is 5.02 Å². The molecule has 0 saturated heterocycles. The zero-order chi connectivity index (χ0) is 25.4. The second kappa shape index (κ2) is 12.2. The zero-order valence-corrected chi connectivity index (χ0v) is 20.9. The van der Waals surface area contributed by atoms with Crippen molar-refractivity contribution >= 4 is 46.5 Å². The van der Waals surface area contributed by atoms with Crippen LogP contribution in [0.1, 0.15) is 22.8 Å². The molecule has 0 fully saturated rings. The number of aliphatic carboxylic acids is 1. The lowest BCUT2D eigenvalue weighted by Gasteiger charge is -2.16. The number of ether oxygens (including phenoxy) is 1. The lowest BCUT2D eigenvalue weighted by atomic mass is 10.00.